The van der Waals surface area contributed by atoms with Crippen LogP contribution < -0.4 is 21.1 Å². The van der Waals surface area contributed by atoms with Gasteiger partial charge in [-0.05, 0) is 17.6 Å². The van der Waals surface area contributed by atoms with Crippen LogP contribution in [0.3, 0.4) is 0 Å². The lowest BCUT2D eigenvalue weighted by Crippen LogP contribution is -2.69. The van der Waals surface area contributed by atoms with Gasteiger partial charge in [0.2, 0.25) is 5.43 Å². The number of fused-ring (bicyclic) bond motifs is 5. The van der Waals surface area contributed by atoms with Gasteiger partial charge in [0.15, 0.2) is 16.9 Å². The first-order valence-electron chi connectivity index (χ1n) is 11.7. The van der Waals surface area contributed by atoms with Crippen molar-refractivity contribution in [3.8, 4) is 5.75 Å². The first-order valence-corrected chi connectivity index (χ1v) is 11.7. The van der Waals surface area contributed by atoms with Crippen molar-refractivity contribution in [3.63, 3.8) is 0 Å². The van der Waals surface area contributed by atoms with Gasteiger partial charge in [-0.3, -0.25) is 19.3 Å². The Morgan fingerprint density at radius 1 is 1.17 bits per heavy atom. The van der Waals surface area contributed by atoms with Gasteiger partial charge in [-0.2, -0.15) is 0 Å². The van der Waals surface area contributed by atoms with Crippen molar-refractivity contribution >= 4 is 17.1 Å². The van der Waals surface area contributed by atoms with Crippen molar-refractivity contribution < 1.29 is 19.2 Å². The van der Waals surface area contributed by atoms with Crippen LogP contribution in [0.15, 0.2) is 75.9 Å². The maximum absolute atomic E-state index is 13.5. The average molecular weight is 470 g/mol. The highest BCUT2D eigenvalue weighted by atomic mass is 16.5. The summed E-state index contributed by atoms with van der Waals surface area (Å²) in [5.74, 6) is -1.03. The van der Waals surface area contributed by atoms with Gasteiger partial charge in [0.25, 0.3) is 5.91 Å². The Morgan fingerprint density at radius 2 is 2.09 bits per heavy atom. The summed E-state index contributed by atoms with van der Waals surface area (Å²) in [4.78, 5) is 27.5. The van der Waals surface area contributed by atoms with Crippen LogP contribution in [0.1, 0.15) is 16.9 Å². The van der Waals surface area contributed by atoms with E-state index in [1.165, 1.54) is 6.07 Å². The second kappa shape index (κ2) is 7.44. The maximum Gasteiger partial charge on any atom is 0.278 e. The third-order valence-electron chi connectivity index (χ3n) is 7.42. The first-order chi connectivity index (χ1) is 17.1. The van der Waals surface area contributed by atoms with Gasteiger partial charge in [0, 0.05) is 35.5 Å². The predicted molar refractivity (Wildman–Crippen MR) is 126 cm³/mol. The second-order valence-electron chi connectivity index (χ2n) is 9.13. The molecule has 5 aliphatic rings. The SMILES string of the molecule is O=C1c2c(O)c(=O)ccn2N(C2C3=CC=CCC3=c3oncc3=C3C=CC=CC32)C2COCCN12. The largest absolute Gasteiger partial charge is 0.502 e. The molecule has 3 aliphatic carbocycles. The Labute approximate surface area is 199 Å². The van der Waals surface area contributed by atoms with Crippen molar-refractivity contribution in [2.24, 2.45) is 5.92 Å². The number of amides is 1. The molecule has 0 radical (unpaired) electrons. The van der Waals surface area contributed by atoms with Crippen LogP contribution in [0.4, 0.5) is 0 Å². The average Bonchev–Trinajstić information content (AvgIpc) is 3.34. The summed E-state index contributed by atoms with van der Waals surface area (Å²) in [6.07, 6.45) is 18.0. The molecule has 0 spiro atoms. The van der Waals surface area contributed by atoms with Gasteiger partial charge in [-0.15, -0.1) is 0 Å². The van der Waals surface area contributed by atoms with Gasteiger partial charge in [0.05, 0.1) is 25.5 Å². The Kier molecular flexibility index (Phi) is 4.31. The van der Waals surface area contributed by atoms with Gasteiger partial charge in [0.1, 0.15) is 6.17 Å². The molecule has 1 saturated heterocycles. The van der Waals surface area contributed by atoms with E-state index in [-0.39, 0.29) is 23.6 Å². The fourth-order valence-corrected chi connectivity index (χ4v) is 5.90. The number of hydrogen-bond donors (Lipinski definition) is 1. The molecule has 1 amide bonds. The van der Waals surface area contributed by atoms with E-state index in [1.54, 1.807) is 22.0 Å². The van der Waals surface area contributed by atoms with Crippen molar-refractivity contribution in [1.82, 2.24) is 14.7 Å². The molecule has 2 aliphatic heterocycles. The van der Waals surface area contributed by atoms with Crippen molar-refractivity contribution in [1.29, 1.82) is 0 Å². The monoisotopic (exact) mass is 470 g/mol. The summed E-state index contributed by atoms with van der Waals surface area (Å²) in [6.45, 7) is 1.07. The third-order valence-corrected chi connectivity index (χ3v) is 7.42. The molecule has 0 aromatic carbocycles. The second-order valence-corrected chi connectivity index (χ2v) is 9.13. The van der Waals surface area contributed by atoms with E-state index < -0.39 is 17.3 Å². The van der Waals surface area contributed by atoms with Gasteiger partial charge in [-0.1, -0.05) is 47.7 Å². The highest BCUT2D eigenvalue weighted by Gasteiger charge is 2.48. The van der Waals surface area contributed by atoms with E-state index in [0.717, 1.165) is 27.4 Å². The molecule has 35 heavy (non-hydrogen) atoms. The van der Waals surface area contributed by atoms with Crippen molar-refractivity contribution in [2.45, 2.75) is 18.6 Å². The minimum Gasteiger partial charge on any atom is -0.502 e. The number of morpholine rings is 1. The van der Waals surface area contributed by atoms with Crippen LogP contribution in [-0.4, -0.2) is 57.7 Å². The summed E-state index contributed by atoms with van der Waals surface area (Å²) in [5.41, 5.74) is 3.26. The summed E-state index contributed by atoms with van der Waals surface area (Å²) in [6, 6.07) is 1.01. The lowest BCUT2D eigenvalue weighted by molar-refractivity contribution is -0.0202. The summed E-state index contributed by atoms with van der Waals surface area (Å²) < 4.78 is 13.3. The van der Waals surface area contributed by atoms with Crippen LogP contribution in [0.25, 0.3) is 11.1 Å². The van der Waals surface area contributed by atoms with Crippen LogP contribution in [0.2, 0.25) is 0 Å². The summed E-state index contributed by atoms with van der Waals surface area (Å²) >= 11 is 0. The van der Waals surface area contributed by atoms with Crippen molar-refractivity contribution in [2.75, 3.05) is 24.8 Å². The van der Waals surface area contributed by atoms with E-state index >= 15 is 0 Å². The lowest BCUT2D eigenvalue weighted by atomic mass is 9.80. The number of aromatic nitrogens is 2. The number of hydrogen-bond acceptors (Lipinski definition) is 7. The molecule has 7 rings (SSSR count). The zero-order chi connectivity index (χ0) is 23.7. The molecular weight excluding hydrogens is 448 g/mol. The van der Waals surface area contributed by atoms with E-state index in [4.69, 9.17) is 9.26 Å². The first kappa shape index (κ1) is 20.3. The minimum absolute atomic E-state index is 0.0245. The quantitative estimate of drug-likeness (QED) is 0.640. The fraction of sp³-hybridized carbons (Fsp3) is 0.269. The molecule has 2 aromatic rings. The molecule has 9 heteroatoms. The highest BCUT2D eigenvalue weighted by Crippen LogP contribution is 2.40. The molecule has 0 bridgehead atoms. The maximum atomic E-state index is 13.5. The molecule has 3 unspecified atom stereocenters. The Morgan fingerprint density at radius 3 is 3.00 bits per heavy atom. The number of rotatable bonds is 1. The highest BCUT2D eigenvalue weighted by molar-refractivity contribution is 5.96. The number of nitrogens with zero attached hydrogens (tertiary/aromatic N) is 4. The zero-order valence-corrected chi connectivity index (χ0v) is 18.7. The molecule has 0 saturated carbocycles. The number of ether oxygens (including phenoxy) is 1. The number of allylic oxidation sites excluding steroid dienone is 6. The van der Waals surface area contributed by atoms with Crippen molar-refractivity contribution in [3.05, 3.63) is 93.1 Å². The number of carbonyl (C=O) groups is 1. The third kappa shape index (κ3) is 2.75. The lowest BCUT2D eigenvalue weighted by Gasteiger charge is -2.53. The number of carbonyl (C=O) groups excluding carboxylic acids is 1. The minimum atomic E-state index is -0.581. The van der Waals surface area contributed by atoms with Gasteiger partial charge in [-0.25, -0.2) is 0 Å². The van der Waals surface area contributed by atoms with E-state index in [9.17, 15) is 14.7 Å². The van der Waals surface area contributed by atoms with E-state index in [0.29, 0.717) is 26.2 Å². The van der Waals surface area contributed by atoms with Crippen LogP contribution >= 0.6 is 0 Å². The number of aromatic hydroxyl groups is 1. The predicted octanol–water partition coefficient (Wildman–Crippen LogP) is 0.304. The standard InChI is InChI=1S/C26H22N4O5/c31-20-9-10-29-23(24(20)32)26(33)28-11-12-34-14-21(28)30(29)22-16-6-2-1-5-15(16)19-13-27-35-25(19)18-8-4-3-7-17(18)22/h1-7,9-10,13,16,21-22,32H,8,11-12,14H2. The Bertz CT molecular complexity index is 1550. The molecule has 2 aromatic heterocycles. The Balaban J connectivity index is 1.55. The molecule has 9 nitrogen and oxygen atoms in total. The van der Waals surface area contributed by atoms with Crippen LogP contribution in [0.5, 0.6) is 5.75 Å². The molecule has 4 heterocycles. The zero-order valence-electron chi connectivity index (χ0n) is 18.7. The van der Waals surface area contributed by atoms with Gasteiger partial charge >= 0.3 is 0 Å². The normalized spacial score (nSPS) is 26.5. The molecule has 1 fully saturated rings. The smallest absolute Gasteiger partial charge is 0.278 e. The molecular formula is C26H22N4O5. The summed E-state index contributed by atoms with van der Waals surface area (Å²) in [5, 5.41) is 17.9. The Hall–Kier alpha value is -4.11. The topological polar surface area (TPSA) is 101 Å². The van der Waals surface area contributed by atoms with E-state index in [2.05, 4.69) is 34.5 Å². The van der Waals surface area contributed by atoms with E-state index in [1.807, 2.05) is 18.2 Å². The fourth-order valence-electron chi connectivity index (χ4n) is 5.90. The van der Waals surface area contributed by atoms with Crippen LogP contribution in [-0.2, 0) is 4.74 Å². The molecule has 3 atom stereocenters. The van der Waals surface area contributed by atoms with Gasteiger partial charge < -0.3 is 19.3 Å². The molecule has 176 valence electrons. The number of pyridine rings is 1. The van der Waals surface area contributed by atoms with Crippen LogP contribution in [0, 0.1) is 5.92 Å². The summed E-state index contributed by atoms with van der Waals surface area (Å²) in [7, 11) is 0. The molecule has 1 N–H and O–H groups in total.